The van der Waals surface area contributed by atoms with Crippen molar-refractivity contribution in [3.05, 3.63) is 35.5 Å². The second-order valence-electron chi connectivity index (χ2n) is 13.2. The molecule has 7 heteroatoms. The number of ether oxygens (including phenoxy) is 1. The number of aliphatic hydroxyl groups is 3. The number of carboxylic acids is 1. The van der Waals surface area contributed by atoms with Gasteiger partial charge in [0.25, 0.3) is 0 Å². The topological polar surface area (TPSA) is 124 Å². The largest absolute Gasteiger partial charge is 0.481 e. The normalized spacial score (nSPS) is 34.2. The summed E-state index contributed by atoms with van der Waals surface area (Å²) in [5, 5.41) is 39.6. The maximum atomic E-state index is 12.8. The molecule has 0 bridgehead atoms. The maximum Gasteiger partial charge on any atom is 0.306 e. The Labute approximate surface area is 234 Å². The molecule has 0 saturated heterocycles. The summed E-state index contributed by atoms with van der Waals surface area (Å²) in [6.45, 7) is 12.3. The highest BCUT2D eigenvalue weighted by Crippen LogP contribution is 2.60. The fraction of sp³-hybridized carbons (Fsp3) is 0.750. The number of allylic oxidation sites excluding steroid dienone is 3. The number of carboxylic acid groups (broad SMARTS) is 1. The summed E-state index contributed by atoms with van der Waals surface area (Å²) < 4.78 is 6.12. The van der Waals surface area contributed by atoms with Crippen molar-refractivity contribution in [3.63, 3.8) is 0 Å². The number of hydrogen-bond acceptors (Lipinski definition) is 6. The Morgan fingerprint density at radius 2 is 1.90 bits per heavy atom. The number of carbonyl (C=O) groups excluding carboxylic acids is 1. The van der Waals surface area contributed by atoms with Gasteiger partial charge in [-0.05, 0) is 87.2 Å². The van der Waals surface area contributed by atoms with E-state index in [1.54, 1.807) is 0 Å². The first-order valence-electron chi connectivity index (χ1n) is 14.8. The Balaban J connectivity index is 1.84. The monoisotopic (exact) mass is 546 g/mol. The van der Waals surface area contributed by atoms with Crippen molar-refractivity contribution in [1.82, 2.24) is 0 Å². The molecule has 39 heavy (non-hydrogen) atoms. The van der Waals surface area contributed by atoms with Gasteiger partial charge in [0, 0.05) is 25.2 Å². The van der Waals surface area contributed by atoms with Crippen molar-refractivity contribution < 1.29 is 34.8 Å². The quantitative estimate of drug-likeness (QED) is 0.253. The van der Waals surface area contributed by atoms with E-state index in [1.807, 2.05) is 19.9 Å². The Hall–Kier alpha value is -1.96. The molecule has 220 valence electrons. The van der Waals surface area contributed by atoms with Crippen LogP contribution in [-0.2, 0) is 14.3 Å². The van der Waals surface area contributed by atoms with Gasteiger partial charge in [-0.15, -0.1) is 0 Å². The molecule has 0 aromatic rings. The molecule has 0 aromatic heterocycles. The van der Waals surface area contributed by atoms with Crippen LogP contribution in [0, 0.1) is 23.2 Å². The minimum Gasteiger partial charge on any atom is -0.481 e. The molecule has 0 spiro atoms. The van der Waals surface area contributed by atoms with Crippen molar-refractivity contribution >= 4 is 11.9 Å². The lowest BCUT2D eigenvalue weighted by Gasteiger charge is -2.44. The first-order valence-corrected chi connectivity index (χ1v) is 14.8. The van der Waals surface area contributed by atoms with E-state index < -0.39 is 23.8 Å². The average Bonchev–Trinajstić information content (AvgIpc) is 3.11. The molecule has 0 heterocycles. The van der Waals surface area contributed by atoms with Gasteiger partial charge in [0.15, 0.2) is 0 Å². The molecule has 4 N–H and O–H groups in total. The van der Waals surface area contributed by atoms with Gasteiger partial charge >= 0.3 is 11.9 Å². The van der Waals surface area contributed by atoms with Crippen molar-refractivity contribution in [2.24, 2.45) is 23.2 Å². The summed E-state index contributed by atoms with van der Waals surface area (Å²) in [6.07, 6.45) is 10.1. The molecule has 3 aliphatic rings. The fourth-order valence-corrected chi connectivity index (χ4v) is 7.52. The van der Waals surface area contributed by atoms with Gasteiger partial charge in [-0.3, -0.25) is 9.59 Å². The number of hydrogen-bond donors (Lipinski definition) is 4. The van der Waals surface area contributed by atoms with Crippen LogP contribution in [0.2, 0.25) is 0 Å². The van der Waals surface area contributed by atoms with E-state index in [9.17, 15) is 24.9 Å². The number of fused-ring (bicyclic) bond motifs is 1. The van der Waals surface area contributed by atoms with Gasteiger partial charge in [0.05, 0.1) is 17.8 Å². The summed E-state index contributed by atoms with van der Waals surface area (Å²) in [4.78, 5) is 23.7. The highest BCUT2D eigenvalue weighted by Gasteiger charge is 2.56. The minimum atomic E-state index is -0.912. The summed E-state index contributed by atoms with van der Waals surface area (Å²) in [5.74, 6) is -0.539. The van der Waals surface area contributed by atoms with Gasteiger partial charge in [-0.1, -0.05) is 51.0 Å². The van der Waals surface area contributed by atoms with Gasteiger partial charge in [-0.25, -0.2) is 0 Å². The lowest BCUT2D eigenvalue weighted by molar-refractivity contribution is -0.153. The fourth-order valence-electron chi connectivity index (χ4n) is 7.52. The van der Waals surface area contributed by atoms with Crippen LogP contribution in [0.5, 0.6) is 0 Å². The zero-order valence-electron chi connectivity index (χ0n) is 24.3. The lowest BCUT2D eigenvalue weighted by Crippen LogP contribution is -2.39. The molecule has 0 amide bonds. The van der Waals surface area contributed by atoms with E-state index in [0.717, 1.165) is 44.1 Å². The van der Waals surface area contributed by atoms with Crippen LogP contribution in [-0.4, -0.2) is 56.3 Å². The Morgan fingerprint density at radius 1 is 1.18 bits per heavy atom. The summed E-state index contributed by atoms with van der Waals surface area (Å²) >= 11 is 0. The van der Waals surface area contributed by atoms with Crippen molar-refractivity contribution in [2.75, 3.05) is 0 Å². The second kappa shape index (κ2) is 13.1. The predicted molar refractivity (Wildman–Crippen MR) is 151 cm³/mol. The lowest BCUT2D eigenvalue weighted by atomic mass is 9.60. The average molecular weight is 547 g/mol. The molecule has 0 aliphatic heterocycles. The Bertz CT molecular complexity index is 958. The van der Waals surface area contributed by atoms with E-state index in [0.29, 0.717) is 30.8 Å². The van der Waals surface area contributed by atoms with Crippen LogP contribution < -0.4 is 0 Å². The van der Waals surface area contributed by atoms with Crippen LogP contribution >= 0.6 is 0 Å². The maximum absolute atomic E-state index is 12.8. The standard InChI is InChI=1S/C32H50O7/c1-20(9-7-15-31(3,4)38)30-27(39-29(37)12-6-11-28(35)36)19-25-22(10-8-16-32(25,30)5)13-14-23-17-24(33)18-26(34)21(23)2/h13-14,20,24-27,30,33-34,38H,2,6-12,15-19H2,1,3-5H3,(H,35,36)/b22-13+,23-14-/t20-,24-,25+,26+,27-,30+,32+/m1/s1. The number of carbonyl (C=O) groups is 2. The predicted octanol–water partition coefficient (Wildman–Crippen LogP) is 5.48. The summed E-state index contributed by atoms with van der Waals surface area (Å²) in [7, 11) is 0. The van der Waals surface area contributed by atoms with Crippen LogP contribution in [0.15, 0.2) is 35.5 Å². The third-order valence-electron chi connectivity index (χ3n) is 9.43. The molecule has 3 rings (SSSR count). The Kier molecular flexibility index (Phi) is 10.6. The van der Waals surface area contributed by atoms with Gasteiger partial charge in [0.1, 0.15) is 6.10 Å². The first-order chi connectivity index (χ1) is 18.2. The zero-order chi connectivity index (χ0) is 29.0. The van der Waals surface area contributed by atoms with Crippen LogP contribution in [0.25, 0.3) is 0 Å². The minimum absolute atomic E-state index is 0.0485. The molecular formula is C32H50O7. The molecule has 3 aliphatic carbocycles. The Morgan fingerprint density at radius 3 is 2.56 bits per heavy atom. The number of rotatable bonds is 11. The molecule has 0 unspecified atom stereocenters. The van der Waals surface area contributed by atoms with Crippen molar-refractivity contribution in [1.29, 1.82) is 0 Å². The molecular weight excluding hydrogens is 496 g/mol. The molecule has 3 saturated carbocycles. The number of aliphatic carboxylic acids is 1. The molecule has 7 nitrogen and oxygen atoms in total. The molecule has 3 fully saturated rings. The zero-order valence-corrected chi connectivity index (χ0v) is 24.3. The van der Waals surface area contributed by atoms with Crippen molar-refractivity contribution in [2.45, 2.75) is 129 Å². The SMILES string of the molecule is C=C1/C(=C\C=C2/CCC[C@]3(C)[C@@H]([C@H](C)CCCC(C)(C)O)[C@H](OC(=O)CCCC(=O)O)C[C@@H]23)C[C@@H](O)C[C@@H]1O. The van der Waals surface area contributed by atoms with E-state index in [4.69, 9.17) is 9.84 Å². The van der Waals surface area contributed by atoms with E-state index in [2.05, 4.69) is 26.5 Å². The number of esters is 1. The number of aliphatic hydroxyl groups excluding tert-OH is 2. The van der Waals surface area contributed by atoms with Crippen LogP contribution in [0.1, 0.15) is 105 Å². The third-order valence-corrected chi connectivity index (χ3v) is 9.43. The van der Waals surface area contributed by atoms with Gasteiger partial charge < -0.3 is 25.2 Å². The highest BCUT2D eigenvalue weighted by molar-refractivity contribution is 5.71. The summed E-state index contributed by atoms with van der Waals surface area (Å²) in [5.41, 5.74) is 2.11. The van der Waals surface area contributed by atoms with Gasteiger partial charge in [-0.2, -0.15) is 0 Å². The van der Waals surface area contributed by atoms with Crippen LogP contribution in [0.4, 0.5) is 0 Å². The van der Waals surface area contributed by atoms with Crippen LogP contribution in [0.3, 0.4) is 0 Å². The van der Waals surface area contributed by atoms with E-state index >= 15 is 0 Å². The highest BCUT2D eigenvalue weighted by atomic mass is 16.5. The van der Waals surface area contributed by atoms with Crippen molar-refractivity contribution in [3.8, 4) is 0 Å². The summed E-state index contributed by atoms with van der Waals surface area (Å²) in [6, 6.07) is 0. The molecule has 7 atom stereocenters. The van der Waals surface area contributed by atoms with Gasteiger partial charge in [0.2, 0.25) is 0 Å². The molecule has 0 radical (unpaired) electrons. The molecule has 0 aromatic carbocycles. The smallest absolute Gasteiger partial charge is 0.306 e. The van der Waals surface area contributed by atoms with E-state index in [1.165, 1.54) is 5.57 Å². The third kappa shape index (κ3) is 8.27. The first kappa shape index (κ1) is 31.6. The van der Waals surface area contributed by atoms with E-state index in [-0.39, 0.29) is 48.6 Å². The second-order valence-corrected chi connectivity index (χ2v) is 13.2.